The molecule has 0 N–H and O–H groups in total. The van der Waals surface area contributed by atoms with Crippen LogP contribution in [0.25, 0.3) is 16.7 Å². The first kappa shape index (κ1) is 14.3. The molecule has 5 rings (SSSR count). The minimum Gasteiger partial charge on any atom is -0.474 e. The molecule has 1 aromatic carbocycles. The summed E-state index contributed by atoms with van der Waals surface area (Å²) in [4.78, 5) is 11.2. The predicted molar refractivity (Wildman–Crippen MR) is 92.9 cm³/mol. The largest absolute Gasteiger partial charge is 0.474 e. The van der Waals surface area contributed by atoms with E-state index in [0.717, 1.165) is 42.7 Å². The van der Waals surface area contributed by atoms with E-state index in [0.29, 0.717) is 11.9 Å². The van der Waals surface area contributed by atoms with Crippen molar-refractivity contribution in [1.82, 2.24) is 19.6 Å². The van der Waals surface area contributed by atoms with Crippen LogP contribution in [0.3, 0.4) is 0 Å². The molecule has 0 radical (unpaired) electrons. The SMILES string of the molecule is c1ccc2oc(N3CCC(Oc4ccn5nccc5n4)CC3)nc2c1. The highest BCUT2D eigenvalue weighted by Gasteiger charge is 2.24. The Morgan fingerprint density at radius 1 is 1.04 bits per heavy atom. The zero-order valence-corrected chi connectivity index (χ0v) is 13.6. The topological polar surface area (TPSA) is 68.7 Å². The lowest BCUT2D eigenvalue weighted by Gasteiger charge is -2.30. The standard InChI is InChI=1S/C18H17N5O2/c1-2-4-15-14(3-1)20-18(25-15)22-10-6-13(7-11-22)24-17-8-12-23-16(21-17)5-9-19-23/h1-5,8-9,12-13H,6-7,10-11H2. The van der Waals surface area contributed by atoms with Crippen molar-refractivity contribution in [3.05, 3.63) is 48.8 Å². The average Bonchev–Trinajstić information content (AvgIpc) is 3.28. The molecule has 0 bridgehead atoms. The summed E-state index contributed by atoms with van der Waals surface area (Å²) < 4.78 is 13.6. The molecule has 3 aromatic heterocycles. The second-order valence-electron chi connectivity index (χ2n) is 6.17. The highest BCUT2D eigenvalue weighted by Crippen LogP contribution is 2.25. The van der Waals surface area contributed by atoms with Crippen molar-refractivity contribution in [2.75, 3.05) is 18.0 Å². The van der Waals surface area contributed by atoms with E-state index >= 15 is 0 Å². The van der Waals surface area contributed by atoms with Crippen LogP contribution in [0.2, 0.25) is 0 Å². The maximum atomic E-state index is 6.05. The summed E-state index contributed by atoms with van der Waals surface area (Å²) in [6.07, 6.45) is 5.56. The van der Waals surface area contributed by atoms with Crippen molar-refractivity contribution in [2.24, 2.45) is 0 Å². The lowest BCUT2D eigenvalue weighted by atomic mass is 10.1. The minimum atomic E-state index is 0.151. The summed E-state index contributed by atoms with van der Waals surface area (Å²) in [7, 11) is 0. The summed E-state index contributed by atoms with van der Waals surface area (Å²) in [6, 6.07) is 12.3. The smallest absolute Gasteiger partial charge is 0.298 e. The quantitative estimate of drug-likeness (QED) is 0.573. The molecule has 7 nitrogen and oxygen atoms in total. The van der Waals surface area contributed by atoms with E-state index in [1.807, 2.05) is 42.6 Å². The second-order valence-corrected chi connectivity index (χ2v) is 6.17. The lowest BCUT2D eigenvalue weighted by molar-refractivity contribution is 0.162. The fourth-order valence-electron chi connectivity index (χ4n) is 3.19. The van der Waals surface area contributed by atoms with Crippen LogP contribution in [0, 0.1) is 0 Å². The van der Waals surface area contributed by atoms with E-state index in [1.165, 1.54) is 0 Å². The zero-order chi connectivity index (χ0) is 16.6. The molecule has 4 aromatic rings. The summed E-state index contributed by atoms with van der Waals surface area (Å²) in [5.74, 6) is 0.647. The molecule has 25 heavy (non-hydrogen) atoms. The van der Waals surface area contributed by atoms with Crippen molar-refractivity contribution >= 4 is 22.8 Å². The van der Waals surface area contributed by atoms with Crippen LogP contribution in [0.1, 0.15) is 12.8 Å². The number of ether oxygens (including phenoxy) is 1. The van der Waals surface area contributed by atoms with E-state index in [1.54, 1.807) is 10.7 Å². The highest BCUT2D eigenvalue weighted by atomic mass is 16.5. The fourth-order valence-corrected chi connectivity index (χ4v) is 3.19. The van der Waals surface area contributed by atoms with Crippen LogP contribution < -0.4 is 9.64 Å². The van der Waals surface area contributed by atoms with Gasteiger partial charge in [-0.25, -0.2) is 4.52 Å². The number of anilines is 1. The predicted octanol–water partition coefficient (Wildman–Crippen LogP) is 2.92. The summed E-state index contributed by atoms with van der Waals surface area (Å²) in [5.41, 5.74) is 2.52. The third-order valence-electron chi connectivity index (χ3n) is 4.51. The molecule has 0 amide bonds. The molecule has 0 aliphatic carbocycles. The van der Waals surface area contributed by atoms with E-state index < -0.39 is 0 Å². The van der Waals surface area contributed by atoms with Gasteiger partial charge in [0.15, 0.2) is 11.2 Å². The molecule has 126 valence electrons. The molecule has 0 saturated carbocycles. The van der Waals surface area contributed by atoms with Gasteiger partial charge >= 0.3 is 0 Å². The number of piperidine rings is 1. The van der Waals surface area contributed by atoms with Gasteiger partial charge in [0.25, 0.3) is 6.01 Å². The van der Waals surface area contributed by atoms with Crippen molar-refractivity contribution in [3.63, 3.8) is 0 Å². The van der Waals surface area contributed by atoms with Gasteiger partial charge in [-0.15, -0.1) is 0 Å². The number of nitrogens with zero attached hydrogens (tertiary/aromatic N) is 5. The van der Waals surface area contributed by atoms with Crippen LogP contribution >= 0.6 is 0 Å². The van der Waals surface area contributed by atoms with Gasteiger partial charge in [-0.3, -0.25) is 0 Å². The fraction of sp³-hybridized carbons (Fsp3) is 0.278. The lowest BCUT2D eigenvalue weighted by Crippen LogP contribution is -2.38. The van der Waals surface area contributed by atoms with Gasteiger partial charge in [-0.1, -0.05) is 12.1 Å². The number of rotatable bonds is 3. The molecule has 4 heterocycles. The molecule has 0 spiro atoms. The third kappa shape index (κ3) is 2.67. The molecule has 7 heteroatoms. The minimum absolute atomic E-state index is 0.151. The Labute approximate surface area is 143 Å². The van der Waals surface area contributed by atoms with Crippen LogP contribution in [0.5, 0.6) is 5.88 Å². The summed E-state index contributed by atoms with van der Waals surface area (Å²) in [6.45, 7) is 1.71. The van der Waals surface area contributed by atoms with Gasteiger partial charge in [0.2, 0.25) is 5.88 Å². The average molecular weight is 335 g/mol. The molecular weight excluding hydrogens is 318 g/mol. The van der Waals surface area contributed by atoms with Crippen molar-refractivity contribution in [3.8, 4) is 5.88 Å². The molecular formula is C18H17N5O2. The molecule has 1 fully saturated rings. The molecule has 1 aliphatic heterocycles. The van der Waals surface area contributed by atoms with E-state index in [-0.39, 0.29) is 6.10 Å². The van der Waals surface area contributed by atoms with Crippen LogP contribution in [-0.2, 0) is 0 Å². The van der Waals surface area contributed by atoms with Gasteiger partial charge in [-0.2, -0.15) is 15.1 Å². The number of hydrogen-bond acceptors (Lipinski definition) is 6. The first-order valence-electron chi connectivity index (χ1n) is 8.43. The number of aromatic nitrogens is 4. The van der Waals surface area contributed by atoms with Crippen molar-refractivity contribution in [1.29, 1.82) is 0 Å². The number of oxazole rings is 1. The first-order chi connectivity index (χ1) is 12.3. The maximum absolute atomic E-state index is 6.05. The number of hydrogen-bond donors (Lipinski definition) is 0. The van der Waals surface area contributed by atoms with E-state index in [9.17, 15) is 0 Å². The van der Waals surface area contributed by atoms with E-state index in [4.69, 9.17) is 9.15 Å². The number of benzene rings is 1. The highest BCUT2D eigenvalue weighted by molar-refractivity contribution is 5.74. The second kappa shape index (κ2) is 5.77. The maximum Gasteiger partial charge on any atom is 0.298 e. The normalized spacial score (nSPS) is 15.9. The monoisotopic (exact) mass is 335 g/mol. The van der Waals surface area contributed by atoms with Crippen LogP contribution in [-0.4, -0.2) is 38.8 Å². The number of para-hydroxylation sites is 2. The number of fused-ring (bicyclic) bond motifs is 2. The Bertz CT molecular complexity index is 983. The first-order valence-corrected chi connectivity index (χ1v) is 8.43. The Hall–Kier alpha value is -3.09. The Balaban J connectivity index is 1.26. The van der Waals surface area contributed by atoms with Crippen LogP contribution in [0.15, 0.2) is 53.2 Å². The van der Waals surface area contributed by atoms with E-state index in [2.05, 4.69) is 20.0 Å². The Morgan fingerprint density at radius 2 is 1.92 bits per heavy atom. The molecule has 0 atom stereocenters. The molecule has 0 unspecified atom stereocenters. The summed E-state index contributed by atoms with van der Waals surface area (Å²) in [5, 5.41) is 4.14. The Morgan fingerprint density at radius 3 is 2.80 bits per heavy atom. The van der Waals surface area contributed by atoms with Gasteiger partial charge < -0.3 is 14.1 Å². The van der Waals surface area contributed by atoms with Crippen LogP contribution in [0.4, 0.5) is 6.01 Å². The van der Waals surface area contributed by atoms with Crippen molar-refractivity contribution in [2.45, 2.75) is 18.9 Å². The van der Waals surface area contributed by atoms with Gasteiger partial charge in [0.1, 0.15) is 11.6 Å². The summed E-state index contributed by atoms with van der Waals surface area (Å²) >= 11 is 0. The Kier molecular flexibility index (Phi) is 3.29. The third-order valence-corrected chi connectivity index (χ3v) is 4.51. The van der Waals surface area contributed by atoms with Gasteiger partial charge in [0.05, 0.1) is 6.20 Å². The van der Waals surface area contributed by atoms with Gasteiger partial charge in [-0.05, 0) is 12.1 Å². The molecule has 1 aliphatic rings. The zero-order valence-electron chi connectivity index (χ0n) is 13.6. The van der Waals surface area contributed by atoms with Crippen molar-refractivity contribution < 1.29 is 9.15 Å². The van der Waals surface area contributed by atoms with Gasteiger partial charge in [0, 0.05) is 44.3 Å². The molecule has 1 saturated heterocycles.